The van der Waals surface area contributed by atoms with Crippen molar-refractivity contribution in [2.75, 3.05) is 0 Å². The molecule has 1 fully saturated rings. The number of ether oxygens (including phenoxy) is 1. The summed E-state index contributed by atoms with van der Waals surface area (Å²) >= 11 is 0. The molecule has 1 saturated heterocycles. The Morgan fingerprint density at radius 3 is 2.43 bits per heavy atom. The fourth-order valence-corrected chi connectivity index (χ4v) is 2.19. The van der Waals surface area contributed by atoms with Gasteiger partial charge in [-0.15, -0.1) is 0 Å². The summed E-state index contributed by atoms with van der Waals surface area (Å²) < 4.78 is 31.6. The summed E-state index contributed by atoms with van der Waals surface area (Å²) in [7, 11) is 0. The molecule has 1 amide bonds. The molecule has 1 aliphatic rings. The van der Waals surface area contributed by atoms with E-state index >= 15 is 0 Å². The lowest BCUT2D eigenvalue weighted by Gasteiger charge is -2.06. The summed E-state index contributed by atoms with van der Waals surface area (Å²) in [6.45, 7) is 0.0963. The molecule has 1 heterocycles. The minimum Gasteiger partial charge on any atom is -0.444 e. The van der Waals surface area contributed by atoms with Crippen molar-refractivity contribution in [3.05, 3.63) is 71.5 Å². The van der Waals surface area contributed by atoms with Crippen molar-refractivity contribution in [3.8, 4) is 0 Å². The van der Waals surface area contributed by atoms with Crippen LogP contribution >= 0.6 is 0 Å². The zero-order valence-corrected chi connectivity index (χ0v) is 11.1. The van der Waals surface area contributed by atoms with Crippen molar-refractivity contribution in [2.24, 2.45) is 0 Å². The number of benzene rings is 2. The maximum Gasteiger partial charge on any atom is 0.413 e. The molecule has 2 unspecified atom stereocenters. The largest absolute Gasteiger partial charge is 0.444 e. The molecule has 1 aliphatic heterocycles. The van der Waals surface area contributed by atoms with Gasteiger partial charge in [0.25, 0.3) is 0 Å². The lowest BCUT2D eigenvalue weighted by molar-refractivity contribution is 0.115. The first kappa shape index (κ1) is 13.5. The number of halogens is 2. The normalized spacial score (nSPS) is 20.2. The van der Waals surface area contributed by atoms with E-state index in [9.17, 15) is 13.6 Å². The summed E-state index contributed by atoms with van der Waals surface area (Å²) in [6, 6.07) is 13.9. The van der Waals surface area contributed by atoms with Gasteiger partial charge in [0, 0.05) is 0 Å². The summed E-state index contributed by atoms with van der Waals surface area (Å²) in [6.07, 6.45) is -2.13. The lowest BCUT2D eigenvalue weighted by Crippen LogP contribution is -2.14. The molecule has 2 aromatic carbocycles. The second-order valence-corrected chi connectivity index (χ2v) is 4.82. The van der Waals surface area contributed by atoms with Gasteiger partial charge in [-0.3, -0.25) is 4.90 Å². The third-order valence-corrected chi connectivity index (χ3v) is 3.36. The average Bonchev–Trinajstić information content (AvgIpc) is 3.18. The van der Waals surface area contributed by atoms with Crippen LogP contribution in [-0.4, -0.2) is 17.3 Å². The first-order valence-corrected chi connectivity index (χ1v) is 6.55. The standard InChI is InChI=1S/C16H13F2NO2/c17-13-8-6-12(7-9-13)14-15(18)19(14)16(20)21-10-11-4-2-1-3-5-11/h1-9,14-15H,10H2. The van der Waals surface area contributed by atoms with Gasteiger partial charge in [0.1, 0.15) is 18.5 Å². The Bertz CT molecular complexity index is 630. The van der Waals surface area contributed by atoms with E-state index in [0.717, 1.165) is 10.5 Å². The molecule has 5 heteroatoms. The second kappa shape index (κ2) is 5.52. The Hall–Kier alpha value is -2.43. The van der Waals surface area contributed by atoms with E-state index in [-0.39, 0.29) is 6.61 Å². The molecular formula is C16H13F2NO2. The zero-order chi connectivity index (χ0) is 14.8. The summed E-state index contributed by atoms with van der Waals surface area (Å²) in [4.78, 5) is 12.8. The highest BCUT2D eigenvalue weighted by Gasteiger charge is 2.54. The highest BCUT2D eigenvalue weighted by molar-refractivity contribution is 5.72. The molecule has 2 atom stereocenters. The number of rotatable bonds is 3. The van der Waals surface area contributed by atoms with E-state index in [4.69, 9.17) is 4.74 Å². The van der Waals surface area contributed by atoms with Gasteiger partial charge >= 0.3 is 6.09 Å². The van der Waals surface area contributed by atoms with Gasteiger partial charge in [-0.1, -0.05) is 42.5 Å². The van der Waals surface area contributed by atoms with Crippen LogP contribution in [0, 0.1) is 5.82 Å². The SMILES string of the molecule is O=C(OCc1ccccc1)N1C(F)C1c1ccc(F)cc1. The predicted octanol–water partition coefficient (Wildman–Crippen LogP) is 3.81. The maximum absolute atomic E-state index is 13.7. The van der Waals surface area contributed by atoms with Crippen LogP contribution in [0.15, 0.2) is 54.6 Å². The molecular weight excluding hydrogens is 276 g/mol. The van der Waals surface area contributed by atoms with E-state index < -0.39 is 24.2 Å². The summed E-state index contributed by atoms with van der Waals surface area (Å²) in [5.41, 5.74) is 1.39. The average molecular weight is 289 g/mol. The summed E-state index contributed by atoms with van der Waals surface area (Å²) in [5.74, 6) is -0.395. The van der Waals surface area contributed by atoms with Crippen LogP contribution in [-0.2, 0) is 11.3 Å². The molecule has 0 bridgehead atoms. The summed E-state index contributed by atoms with van der Waals surface area (Å²) in [5, 5.41) is 0. The van der Waals surface area contributed by atoms with E-state index in [1.807, 2.05) is 30.3 Å². The smallest absolute Gasteiger partial charge is 0.413 e. The fraction of sp³-hybridized carbons (Fsp3) is 0.188. The molecule has 0 N–H and O–H groups in total. The minimum atomic E-state index is -1.42. The fourth-order valence-electron chi connectivity index (χ4n) is 2.19. The quantitative estimate of drug-likeness (QED) is 0.635. The van der Waals surface area contributed by atoms with Crippen LogP contribution in [0.2, 0.25) is 0 Å². The van der Waals surface area contributed by atoms with Gasteiger partial charge < -0.3 is 4.74 Å². The first-order valence-electron chi connectivity index (χ1n) is 6.55. The molecule has 21 heavy (non-hydrogen) atoms. The zero-order valence-electron chi connectivity index (χ0n) is 11.1. The highest BCUT2D eigenvalue weighted by atomic mass is 19.1. The molecule has 0 spiro atoms. The Morgan fingerprint density at radius 2 is 1.76 bits per heavy atom. The van der Waals surface area contributed by atoms with E-state index in [2.05, 4.69) is 0 Å². The monoisotopic (exact) mass is 289 g/mol. The van der Waals surface area contributed by atoms with Crippen LogP contribution < -0.4 is 0 Å². The number of nitrogens with zero attached hydrogens (tertiary/aromatic N) is 1. The Kier molecular flexibility index (Phi) is 3.56. The molecule has 108 valence electrons. The predicted molar refractivity (Wildman–Crippen MR) is 72.5 cm³/mol. The molecule has 0 aromatic heterocycles. The van der Waals surface area contributed by atoms with Crippen molar-refractivity contribution < 1.29 is 18.3 Å². The van der Waals surface area contributed by atoms with Gasteiger partial charge in [0.15, 0.2) is 0 Å². The Balaban J connectivity index is 1.60. The van der Waals surface area contributed by atoms with Gasteiger partial charge in [-0.05, 0) is 23.3 Å². The van der Waals surface area contributed by atoms with Crippen molar-refractivity contribution in [2.45, 2.75) is 18.9 Å². The first-order chi connectivity index (χ1) is 10.2. The minimum absolute atomic E-state index is 0.0963. The molecule has 0 saturated carbocycles. The van der Waals surface area contributed by atoms with Crippen molar-refractivity contribution in [1.82, 2.24) is 4.90 Å². The molecule has 0 aliphatic carbocycles. The van der Waals surface area contributed by atoms with Crippen LogP contribution in [0.25, 0.3) is 0 Å². The highest BCUT2D eigenvalue weighted by Crippen LogP contribution is 2.44. The lowest BCUT2D eigenvalue weighted by atomic mass is 10.1. The number of alkyl halides is 1. The number of carbonyl (C=O) groups is 1. The molecule has 3 rings (SSSR count). The van der Waals surface area contributed by atoms with E-state index in [0.29, 0.717) is 5.56 Å². The molecule has 0 radical (unpaired) electrons. The number of amides is 1. The van der Waals surface area contributed by atoms with Gasteiger partial charge in [-0.25, -0.2) is 13.6 Å². The van der Waals surface area contributed by atoms with Crippen molar-refractivity contribution in [3.63, 3.8) is 0 Å². The van der Waals surface area contributed by atoms with Crippen LogP contribution in [0.3, 0.4) is 0 Å². The van der Waals surface area contributed by atoms with Crippen LogP contribution in [0.5, 0.6) is 0 Å². The molecule has 2 aromatic rings. The topological polar surface area (TPSA) is 29.3 Å². The number of hydrogen-bond donors (Lipinski definition) is 0. The second-order valence-electron chi connectivity index (χ2n) is 4.82. The number of hydrogen-bond acceptors (Lipinski definition) is 2. The maximum atomic E-state index is 13.7. The third-order valence-electron chi connectivity index (χ3n) is 3.36. The van der Waals surface area contributed by atoms with Crippen molar-refractivity contribution >= 4 is 6.09 Å². The Labute approximate surface area is 120 Å². The number of carbonyl (C=O) groups excluding carboxylic acids is 1. The van der Waals surface area contributed by atoms with Crippen molar-refractivity contribution in [1.29, 1.82) is 0 Å². The molecule has 3 nitrogen and oxygen atoms in total. The van der Waals surface area contributed by atoms with Crippen LogP contribution in [0.4, 0.5) is 13.6 Å². The van der Waals surface area contributed by atoms with Gasteiger partial charge in [0.2, 0.25) is 6.30 Å². The van der Waals surface area contributed by atoms with E-state index in [1.165, 1.54) is 24.3 Å². The van der Waals surface area contributed by atoms with Gasteiger partial charge in [0.05, 0.1) is 0 Å². The Morgan fingerprint density at radius 1 is 1.10 bits per heavy atom. The van der Waals surface area contributed by atoms with Gasteiger partial charge in [-0.2, -0.15) is 0 Å². The van der Waals surface area contributed by atoms with Crippen LogP contribution in [0.1, 0.15) is 17.2 Å². The van der Waals surface area contributed by atoms with E-state index in [1.54, 1.807) is 0 Å². The third kappa shape index (κ3) is 2.86.